The second-order valence-electron chi connectivity index (χ2n) is 8.54. The molecule has 3 aromatic carbocycles. The lowest BCUT2D eigenvalue weighted by atomic mass is 9.98. The minimum atomic E-state index is -0.849. The predicted octanol–water partition coefficient (Wildman–Crippen LogP) is 4.84. The van der Waals surface area contributed by atoms with Gasteiger partial charge in [-0.05, 0) is 67.5 Å². The van der Waals surface area contributed by atoms with Crippen LogP contribution >= 0.6 is 0 Å². The van der Waals surface area contributed by atoms with E-state index in [9.17, 15) is 14.0 Å². The third-order valence-electron chi connectivity index (χ3n) is 5.57. The van der Waals surface area contributed by atoms with E-state index in [4.69, 9.17) is 5.11 Å². The Morgan fingerprint density at radius 3 is 2.32 bits per heavy atom. The molecule has 0 spiro atoms. The highest BCUT2D eigenvalue weighted by Gasteiger charge is 2.28. The van der Waals surface area contributed by atoms with Gasteiger partial charge in [-0.15, -0.1) is 0 Å². The van der Waals surface area contributed by atoms with Gasteiger partial charge in [0.25, 0.3) is 5.91 Å². The first-order valence-electron chi connectivity index (χ1n) is 11.0. The van der Waals surface area contributed by atoms with Crippen LogP contribution in [0.4, 0.5) is 15.8 Å². The largest absolute Gasteiger partial charge is 0.481 e. The van der Waals surface area contributed by atoms with Gasteiger partial charge in [0, 0.05) is 24.2 Å². The number of aliphatic carboxylic acids is 1. The minimum Gasteiger partial charge on any atom is -0.481 e. The SMILES string of the molecule is CN(C)Cc1ccc(NC(=C2C(=O)Nc3cc(F)ccc32)c2ccc(CCC(=O)O)cc2)cc1. The zero-order chi connectivity index (χ0) is 24.2. The summed E-state index contributed by atoms with van der Waals surface area (Å²) in [5, 5.41) is 15.1. The molecule has 1 aliphatic rings. The van der Waals surface area contributed by atoms with Gasteiger partial charge in [-0.3, -0.25) is 9.59 Å². The highest BCUT2D eigenvalue weighted by Crippen LogP contribution is 2.38. The van der Waals surface area contributed by atoms with Crippen molar-refractivity contribution < 1.29 is 19.1 Å². The summed E-state index contributed by atoms with van der Waals surface area (Å²) < 4.78 is 13.8. The van der Waals surface area contributed by atoms with Crippen LogP contribution in [0, 0.1) is 5.82 Å². The average molecular weight is 460 g/mol. The molecule has 34 heavy (non-hydrogen) atoms. The molecule has 0 radical (unpaired) electrons. The van der Waals surface area contributed by atoms with Gasteiger partial charge in [0.05, 0.1) is 17.0 Å². The predicted molar refractivity (Wildman–Crippen MR) is 132 cm³/mol. The van der Waals surface area contributed by atoms with Crippen molar-refractivity contribution in [2.45, 2.75) is 19.4 Å². The van der Waals surface area contributed by atoms with E-state index in [1.54, 1.807) is 6.07 Å². The van der Waals surface area contributed by atoms with Gasteiger partial charge < -0.3 is 20.6 Å². The molecular formula is C27H26FN3O3. The number of hydrogen-bond donors (Lipinski definition) is 3. The lowest BCUT2D eigenvalue weighted by Gasteiger charge is -2.16. The minimum absolute atomic E-state index is 0.0478. The second kappa shape index (κ2) is 9.89. The summed E-state index contributed by atoms with van der Waals surface area (Å²) in [7, 11) is 4.02. The number of nitrogens with one attached hydrogen (secondary N) is 2. The van der Waals surface area contributed by atoms with Crippen LogP contribution < -0.4 is 10.6 Å². The first-order valence-corrected chi connectivity index (χ1v) is 11.0. The van der Waals surface area contributed by atoms with Crippen molar-refractivity contribution >= 4 is 34.5 Å². The van der Waals surface area contributed by atoms with Crippen molar-refractivity contribution in [1.29, 1.82) is 0 Å². The molecule has 1 aliphatic heterocycles. The van der Waals surface area contributed by atoms with E-state index in [1.807, 2.05) is 62.6 Å². The molecule has 174 valence electrons. The van der Waals surface area contributed by atoms with Crippen LogP contribution in [0.2, 0.25) is 0 Å². The number of carbonyl (C=O) groups excluding carboxylic acids is 1. The second-order valence-corrected chi connectivity index (χ2v) is 8.54. The number of benzene rings is 3. The van der Waals surface area contributed by atoms with Crippen LogP contribution in [0.5, 0.6) is 0 Å². The van der Waals surface area contributed by atoms with Crippen LogP contribution in [0.25, 0.3) is 11.3 Å². The molecule has 0 bridgehead atoms. The Morgan fingerprint density at radius 2 is 1.68 bits per heavy atom. The fraction of sp³-hybridized carbons (Fsp3) is 0.185. The molecular weight excluding hydrogens is 433 g/mol. The van der Waals surface area contributed by atoms with E-state index in [0.717, 1.165) is 28.9 Å². The number of aryl methyl sites for hydroxylation is 1. The monoisotopic (exact) mass is 459 g/mol. The number of halogens is 1. The molecule has 3 aromatic rings. The first-order chi connectivity index (χ1) is 16.3. The molecule has 0 unspecified atom stereocenters. The Bertz CT molecular complexity index is 1250. The molecule has 0 aromatic heterocycles. The fourth-order valence-corrected chi connectivity index (χ4v) is 3.96. The summed E-state index contributed by atoms with van der Waals surface area (Å²) in [5.41, 5.74) is 5.68. The number of amides is 1. The van der Waals surface area contributed by atoms with Crippen molar-refractivity contribution in [3.8, 4) is 0 Å². The highest BCUT2D eigenvalue weighted by molar-refractivity contribution is 6.37. The zero-order valence-corrected chi connectivity index (χ0v) is 19.1. The molecule has 3 N–H and O–H groups in total. The van der Waals surface area contributed by atoms with Gasteiger partial charge in [0.2, 0.25) is 0 Å². The maximum Gasteiger partial charge on any atom is 0.303 e. The van der Waals surface area contributed by atoms with E-state index < -0.39 is 11.8 Å². The Balaban J connectivity index is 1.74. The Hall–Kier alpha value is -3.97. The number of carboxylic acid groups (broad SMARTS) is 1. The van der Waals surface area contributed by atoms with Crippen molar-refractivity contribution in [3.63, 3.8) is 0 Å². The normalized spacial score (nSPS) is 14.1. The Kier molecular flexibility index (Phi) is 6.75. The van der Waals surface area contributed by atoms with Gasteiger partial charge >= 0.3 is 5.97 Å². The third-order valence-corrected chi connectivity index (χ3v) is 5.57. The van der Waals surface area contributed by atoms with Crippen LogP contribution in [0.3, 0.4) is 0 Å². The van der Waals surface area contributed by atoms with Crippen LogP contribution in [-0.4, -0.2) is 36.0 Å². The first kappa shape index (κ1) is 23.2. The Labute approximate surface area is 197 Å². The summed E-state index contributed by atoms with van der Waals surface area (Å²) in [6.45, 7) is 0.813. The number of fused-ring (bicyclic) bond motifs is 1. The summed E-state index contributed by atoms with van der Waals surface area (Å²) in [5.74, 6) is -1.59. The van der Waals surface area contributed by atoms with Gasteiger partial charge in [-0.25, -0.2) is 4.39 Å². The van der Waals surface area contributed by atoms with Crippen LogP contribution in [0.15, 0.2) is 66.7 Å². The Morgan fingerprint density at radius 1 is 1.00 bits per heavy atom. The molecule has 7 heteroatoms. The number of rotatable bonds is 8. The molecule has 0 saturated heterocycles. The number of anilines is 2. The fourth-order valence-electron chi connectivity index (χ4n) is 3.96. The standard InChI is InChI=1S/C27H26FN3O3/c1-31(2)16-18-5-11-21(12-6-18)29-26(19-8-3-17(4-9-19)7-14-24(32)33)25-22-13-10-20(28)15-23(22)30-27(25)34/h3-6,8-13,15,29H,7,14,16H2,1-2H3,(H,30,34)(H,32,33). The molecule has 0 fully saturated rings. The van der Waals surface area contributed by atoms with Crippen molar-refractivity contribution in [3.05, 3.63) is 94.8 Å². The molecule has 0 atom stereocenters. The number of hydrogen-bond acceptors (Lipinski definition) is 4. The van der Waals surface area contributed by atoms with E-state index in [0.29, 0.717) is 28.9 Å². The topological polar surface area (TPSA) is 81.7 Å². The average Bonchev–Trinajstić information content (AvgIpc) is 3.11. The van der Waals surface area contributed by atoms with Crippen LogP contribution in [-0.2, 0) is 22.6 Å². The van der Waals surface area contributed by atoms with Crippen molar-refractivity contribution in [2.75, 3.05) is 24.7 Å². The van der Waals surface area contributed by atoms with Crippen molar-refractivity contribution in [1.82, 2.24) is 4.90 Å². The van der Waals surface area contributed by atoms with E-state index in [1.165, 1.54) is 12.1 Å². The van der Waals surface area contributed by atoms with E-state index >= 15 is 0 Å². The molecule has 6 nitrogen and oxygen atoms in total. The van der Waals surface area contributed by atoms with Gasteiger partial charge in [0.1, 0.15) is 5.82 Å². The highest BCUT2D eigenvalue weighted by atomic mass is 19.1. The molecule has 1 amide bonds. The van der Waals surface area contributed by atoms with Gasteiger partial charge in [0.15, 0.2) is 0 Å². The number of nitrogens with zero attached hydrogens (tertiary/aromatic N) is 1. The summed E-state index contributed by atoms with van der Waals surface area (Å²) >= 11 is 0. The molecule has 0 aliphatic carbocycles. The lowest BCUT2D eigenvalue weighted by molar-refractivity contribution is -0.137. The number of carbonyl (C=O) groups is 2. The zero-order valence-electron chi connectivity index (χ0n) is 19.1. The molecule has 1 heterocycles. The lowest BCUT2D eigenvalue weighted by Crippen LogP contribution is -2.11. The maximum atomic E-state index is 13.8. The molecule has 0 saturated carbocycles. The summed E-state index contributed by atoms with van der Waals surface area (Å²) in [6, 6.07) is 19.7. The quantitative estimate of drug-likeness (QED) is 0.420. The van der Waals surface area contributed by atoms with E-state index in [2.05, 4.69) is 15.5 Å². The maximum absolute atomic E-state index is 13.8. The van der Waals surface area contributed by atoms with E-state index in [-0.39, 0.29) is 12.3 Å². The van der Waals surface area contributed by atoms with Gasteiger partial charge in [-0.2, -0.15) is 0 Å². The smallest absolute Gasteiger partial charge is 0.303 e. The van der Waals surface area contributed by atoms with Crippen molar-refractivity contribution in [2.24, 2.45) is 0 Å². The summed E-state index contributed by atoms with van der Waals surface area (Å²) in [6.07, 6.45) is 0.469. The number of carboxylic acids is 1. The summed E-state index contributed by atoms with van der Waals surface area (Å²) in [4.78, 5) is 25.9. The van der Waals surface area contributed by atoms with Crippen LogP contribution in [0.1, 0.15) is 28.7 Å². The molecule has 4 rings (SSSR count). The van der Waals surface area contributed by atoms with Gasteiger partial charge in [-0.1, -0.05) is 36.4 Å². The third kappa shape index (κ3) is 5.32.